The van der Waals surface area contributed by atoms with Gasteiger partial charge in [0.1, 0.15) is 0 Å². The molecule has 0 radical (unpaired) electrons. The summed E-state index contributed by atoms with van der Waals surface area (Å²) in [5.74, 6) is -0.128. The van der Waals surface area contributed by atoms with Crippen LogP contribution >= 0.6 is 0 Å². The number of hydrogen-bond donors (Lipinski definition) is 3. The van der Waals surface area contributed by atoms with Gasteiger partial charge >= 0.3 is 0 Å². The molecule has 0 saturated carbocycles. The molecule has 0 aromatic heterocycles. The van der Waals surface area contributed by atoms with E-state index in [2.05, 4.69) is 17.3 Å². The van der Waals surface area contributed by atoms with Gasteiger partial charge in [0, 0.05) is 24.0 Å². The van der Waals surface area contributed by atoms with Crippen molar-refractivity contribution in [2.24, 2.45) is 0 Å². The van der Waals surface area contributed by atoms with Crippen molar-refractivity contribution >= 4 is 17.3 Å². The molecule has 1 amide bonds. The van der Waals surface area contributed by atoms with Crippen LogP contribution < -0.4 is 16.8 Å². The van der Waals surface area contributed by atoms with Crippen LogP contribution in [-0.4, -0.2) is 37.0 Å². The fourth-order valence-electron chi connectivity index (χ4n) is 2.50. The molecular formula is C14H22N4O. The van der Waals surface area contributed by atoms with Crippen LogP contribution in [0, 0.1) is 0 Å². The zero-order chi connectivity index (χ0) is 13.8. The van der Waals surface area contributed by atoms with Crippen LogP contribution in [0.2, 0.25) is 0 Å². The van der Waals surface area contributed by atoms with Gasteiger partial charge in [-0.3, -0.25) is 4.79 Å². The van der Waals surface area contributed by atoms with Crippen molar-refractivity contribution in [2.75, 3.05) is 31.6 Å². The lowest BCUT2D eigenvalue weighted by molar-refractivity contribution is 0.0929. The van der Waals surface area contributed by atoms with Crippen molar-refractivity contribution in [3.63, 3.8) is 0 Å². The van der Waals surface area contributed by atoms with Crippen LogP contribution in [-0.2, 0) is 0 Å². The second kappa shape index (κ2) is 5.93. The quantitative estimate of drug-likeness (QED) is 0.711. The minimum atomic E-state index is -0.128. The summed E-state index contributed by atoms with van der Waals surface area (Å²) >= 11 is 0. The summed E-state index contributed by atoms with van der Waals surface area (Å²) in [5, 5.41) is 2.96. The Balaban J connectivity index is 1.93. The van der Waals surface area contributed by atoms with Gasteiger partial charge in [-0.05, 0) is 44.6 Å². The van der Waals surface area contributed by atoms with Gasteiger partial charge in [-0.1, -0.05) is 6.42 Å². The smallest absolute Gasteiger partial charge is 0.253 e. The van der Waals surface area contributed by atoms with E-state index in [1.165, 1.54) is 12.8 Å². The number of nitrogens with zero attached hydrogens (tertiary/aromatic N) is 1. The highest BCUT2D eigenvalue weighted by atomic mass is 16.1. The number of nitrogens with one attached hydrogen (secondary N) is 1. The normalized spacial score (nSPS) is 20.2. The van der Waals surface area contributed by atoms with Crippen molar-refractivity contribution < 1.29 is 4.79 Å². The molecule has 19 heavy (non-hydrogen) atoms. The number of carbonyl (C=O) groups is 1. The molecule has 1 saturated heterocycles. The lowest BCUT2D eigenvalue weighted by Crippen LogP contribution is -2.44. The summed E-state index contributed by atoms with van der Waals surface area (Å²) in [7, 11) is 2.10. The number of piperidine rings is 1. The topological polar surface area (TPSA) is 84.4 Å². The number of likely N-dealkylation sites (N-methyl/N-ethyl adjacent to an activating group) is 1. The first kappa shape index (κ1) is 13.7. The van der Waals surface area contributed by atoms with E-state index < -0.39 is 0 Å². The number of likely N-dealkylation sites (tertiary alicyclic amines) is 1. The highest BCUT2D eigenvalue weighted by molar-refractivity contribution is 5.99. The van der Waals surface area contributed by atoms with Crippen LogP contribution in [0.5, 0.6) is 0 Å². The number of hydrogen-bond acceptors (Lipinski definition) is 4. The monoisotopic (exact) mass is 262 g/mol. The van der Waals surface area contributed by atoms with Crippen LogP contribution in [0.4, 0.5) is 11.4 Å². The summed E-state index contributed by atoms with van der Waals surface area (Å²) in [6.45, 7) is 1.77. The first-order valence-electron chi connectivity index (χ1n) is 6.71. The number of anilines is 2. The Kier molecular flexibility index (Phi) is 4.27. The molecule has 104 valence electrons. The van der Waals surface area contributed by atoms with Gasteiger partial charge < -0.3 is 21.7 Å². The number of nitrogen functional groups attached to an aromatic ring is 2. The Hall–Kier alpha value is -1.75. The molecule has 1 fully saturated rings. The zero-order valence-corrected chi connectivity index (χ0v) is 11.4. The molecule has 5 N–H and O–H groups in total. The van der Waals surface area contributed by atoms with E-state index in [1.807, 2.05) is 0 Å². The second-order valence-electron chi connectivity index (χ2n) is 5.19. The van der Waals surface area contributed by atoms with E-state index in [0.717, 1.165) is 13.0 Å². The molecule has 0 bridgehead atoms. The molecule has 0 spiro atoms. The third kappa shape index (κ3) is 3.38. The standard InChI is InChI=1S/C14H22N4O/c1-18-7-3-2-4-11(18)9-17-14(19)12-6-5-10(15)8-13(12)16/h5-6,8,11H,2-4,7,9,15-16H2,1H3,(H,17,19). The Labute approximate surface area is 113 Å². The maximum Gasteiger partial charge on any atom is 0.253 e. The van der Waals surface area contributed by atoms with Gasteiger partial charge in [0.05, 0.1) is 5.56 Å². The molecule has 5 nitrogen and oxygen atoms in total. The molecule has 5 heteroatoms. The van der Waals surface area contributed by atoms with Crippen molar-refractivity contribution in [3.05, 3.63) is 23.8 Å². The molecule has 1 aliphatic heterocycles. The van der Waals surface area contributed by atoms with Gasteiger partial charge in [0.2, 0.25) is 0 Å². The van der Waals surface area contributed by atoms with E-state index in [0.29, 0.717) is 29.5 Å². The third-order valence-corrected chi connectivity index (χ3v) is 3.74. The zero-order valence-electron chi connectivity index (χ0n) is 11.4. The fourth-order valence-corrected chi connectivity index (χ4v) is 2.50. The van der Waals surface area contributed by atoms with E-state index in [9.17, 15) is 4.79 Å². The maximum atomic E-state index is 12.1. The van der Waals surface area contributed by atoms with Crippen molar-refractivity contribution in [3.8, 4) is 0 Å². The van der Waals surface area contributed by atoms with E-state index in [4.69, 9.17) is 11.5 Å². The largest absolute Gasteiger partial charge is 0.399 e. The summed E-state index contributed by atoms with van der Waals surface area (Å²) in [4.78, 5) is 14.4. The number of benzene rings is 1. The predicted molar refractivity (Wildman–Crippen MR) is 77.9 cm³/mol. The third-order valence-electron chi connectivity index (χ3n) is 3.74. The Bertz CT molecular complexity index is 461. The highest BCUT2D eigenvalue weighted by Crippen LogP contribution is 2.17. The number of amides is 1. The SMILES string of the molecule is CN1CCCCC1CNC(=O)c1ccc(N)cc1N. The van der Waals surface area contributed by atoms with E-state index in [1.54, 1.807) is 18.2 Å². The van der Waals surface area contributed by atoms with Crippen LogP contribution in [0.3, 0.4) is 0 Å². The summed E-state index contributed by atoms with van der Waals surface area (Å²) in [6, 6.07) is 5.40. The van der Waals surface area contributed by atoms with Gasteiger partial charge in [0.15, 0.2) is 0 Å². The van der Waals surface area contributed by atoms with Gasteiger partial charge in [0.25, 0.3) is 5.91 Å². The Morgan fingerprint density at radius 1 is 1.42 bits per heavy atom. The molecule has 2 rings (SSSR count). The van der Waals surface area contributed by atoms with E-state index in [-0.39, 0.29) is 5.91 Å². The number of carbonyl (C=O) groups excluding carboxylic acids is 1. The van der Waals surface area contributed by atoms with Crippen LogP contribution in [0.1, 0.15) is 29.6 Å². The van der Waals surface area contributed by atoms with Crippen molar-refractivity contribution in [1.82, 2.24) is 10.2 Å². The summed E-state index contributed by atoms with van der Waals surface area (Å²) in [5.41, 5.74) is 12.9. The molecule has 0 aliphatic carbocycles. The first-order chi connectivity index (χ1) is 9.08. The predicted octanol–water partition coefficient (Wildman–Crippen LogP) is 1.07. The van der Waals surface area contributed by atoms with Gasteiger partial charge in [-0.15, -0.1) is 0 Å². The number of nitrogens with two attached hydrogens (primary N) is 2. The highest BCUT2D eigenvalue weighted by Gasteiger charge is 2.20. The first-order valence-corrected chi connectivity index (χ1v) is 6.71. The summed E-state index contributed by atoms with van der Waals surface area (Å²) < 4.78 is 0. The Morgan fingerprint density at radius 3 is 2.89 bits per heavy atom. The lowest BCUT2D eigenvalue weighted by atomic mass is 10.0. The van der Waals surface area contributed by atoms with Crippen LogP contribution in [0.15, 0.2) is 18.2 Å². The molecule has 1 unspecified atom stereocenters. The molecule has 1 aromatic carbocycles. The van der Waals surface area contributed by atoms with Gasteiger partial charge in [-0.25, -0.2) is 0 Å². The number of rotatable bonds is 3. The maximum absolute atomic E-state index is 12.1. The average molecular weight is 262 g/mol. The molecule has 1 aliphatic rings. The van der Waals surface area contributed by atoms with Gasteiger partial charge in [-0.2, -0.15) is 0 Å². The molecule has 1 heterocycles. The Morgan fingerprint density at radius 2 is 2.21 bits per heavy atom. The lowest BCUT2D eigenvalue weighted by Gasteiger charge is -2.32. The average Bonchev–Trinajstić information content (AvgIpc) is 2.37. The minimum Gasteiger partial charge on any atom is -0.399 e. The van der Waals surface area contributed by atoms with E-state index >= 15 is 0 Å². The summed E-state index contributed by atoms with van der Waals surface area (Å²) in [6.07, 6.45) is 3.61. The minimum absolute atomic E-state index is 0.128. The molecule has 1 aromatic rings. The van der Waals surface area contributed by atoms with Crippen LogP contribution in [0.25, 0.3) is 0 Å². The second-order valence-corrected chi connectivity index (χ2v) is 5.19. The molecule has 1 atom stereocenters. The van der Waals surface area contributed by atoms with Crippen molar-refractivity contribution in [1.29, 1.82) is 0 Å². The van der Waals surface area contributed by atoms with Crippen molar-refractivity contribution in [2.45, 2.75) is 25.3 Å². The fraction of sp³-hybridized carbons (Fsp3) is 0.500. The molecular weight excluding hydrogens is 240 g/mol.